The average molecular weight is 354 g/mol. The Hall–Kier alpha value is -2.36. The van der Waals surface area contributed by atoms with Gasteiger partial charge in [0, 0.05) is 35.4 Å². The van der Waals surface area contributed by atoms with Crippen molar-refractivity contribution in [3.63, 3.8) is 0 Å². The molecule has 0 unspecified atom stereocenters. The van der Waals surface area contributed by atoms with Gasteiger partial charge in [-0.3, -0.25) is 0 Å². The van der Waals surface area contributed by atoms with Crippen molar-refractivity contribution in [1.29, 1.82) is 0 Å². The van der Waals surface area contributed by atoms with Crippen molar-refractivity contribution in [3.8, 4) is 0 Å². The summed E-state index contributed by atoms with van der Waals surface area (Å²) in [4.78, 5) is 5.58. The first-order valence-electron chi connectivity index (χ1n) is 9.48. The van der Waals surface area contributed by atoms with Crippen LogP contribution in [0, 0.1) is 11.6 Å². The van der Waals surface area contributed by atoms with Gasteiger partial charge >= 0.3 is 0 Å². The molecular formula is C22H24F2N2. The normalized spacial score (nSPS) is 14.5. The fourth-order valence-corrected chi connectivity index (χ4v) is 3.83. The van der Waals surface area contributed by atoms with E-state index in [9.17, 15) is 8.78 Å². The number of unbranched alkanes of at least 4 members (excludes halogenated alkanes) is 1. The van der Waals surface area contributed by atoms with Crippen LogP contribution < -0.4 is 4.90 Å². The number of anilines is 1. The van der Waals surface area contributed by atoms with E-state index in [2.05, 4.69) is 9.88 Å². The van der Waals surface area contributed by atoms with Crippen molar-refractivity contribution in [2.75, 3.05) is 11.4 Å². The summed E-state index contributed by atoms with van der Waals surface area (Å²) >= 11 is 0. The minimum atomic E-state index is -0.194. The van der Waals surface area contributed by atoms with Gasteiger partial charge in [-0.05, 0) is 80.5 Å². The molecular weight excluding hydrogens is 330 g/mol. The molecule has 3 aromatic rings. The molecule has 26 heavy (non-hydrogen) atoms. The number of nitrogens with one attached hydrogen (secondary N) is 1. The molecule has 4 rings (SSSR count). The summed E-state index contributed by atoms with van der Waals surface area (Å²) in [7, 11) is 0. The predicted octanol–water partition coefficient (Wildman–Crippen LogP) is 5.83. The lowest BCUT2D eigenvalue weighted by Crippen LogP contribution is -2.41. The second-order valence-corrected chi connectivity index (χ2v) is 7.22. The summed E-state index contributed by atoms with van der Waals surface area (Å²) in [6, 6.07) is 12.3. The quantitative estimate of drug-likeness (QED) is 0.529. The Morgan fingerprint density at radius 3 is 2.62 bits per heavy atom. The predicted molar refractivity (Wildman–Crippen MR) is 103 cm³/mol. The van der Waals surface area contributed by atoms with Crippen LogP contribution in [0.1, 0.15) is 37.7 Å². The SMILES string of the molecule is Fc1cccc(N(CCCCc2c[nH]c3ccc(F)cc23)C2CCC2)c1. The van der Waals surface area contributed by atoms with E-state index >= 15 is 0 Å². The molecule has 1 fully saturated rings. The minimum absolute atomic E-state index is 0.173. The van der Waals surface area contributed by atoms with E-state index in [1.807, 2.05) is 12.3 Å². The van der Waals surface area contributed by atoms with Crippen LogP contribution in [0.5, 0.6) is 0 Å². The van der Waals surface area contributed by atoms with Gasteiger partial charge in [0.25, 0.3) is 0 Å². The average Bonchev–Trinajstić information content (AvgIpc) is 2.98. The van der Waals surface area contributed by atoms with Gasteiger partial charge in [-0.25, -0.2) is 8.78 Å². The number of hydrogen-bond acceptors (Lipinski definition) is 1. The van der Waals surface area contributed by atoms with Gasteiger partial charge in [0.1, 0.15) is 11.6 Å². The number of aryl methyl sites for hydroxylation is 1. The largest absolute Gasteiger partial charge is 0.368 e. The summed E-state index contributed by atoms with van der Waals surface area (Å²) in [6.07, 6.45) is 8.62. The number of aromatic amines is 1. The summed E-state index contributed by atoms with van der Waals surface area (Å²) in [5, 5.41) is 0.978. The summed E-state index contributed by atoms with van der Waals surface area (Å²) in [5.74, 6) is -0.367. The second-order valence-electron chi connectivity index (χ2n) is 7.22. The van der Waals surface area contributed by atoms with Crippen LogP contribution in [0.15, 0.2) is 48.7 Å². The van der Waals surface area contributed by atoms with E-state index in [1.54, 1.807) is 24.3 Å². The maximum atomic E-state index is 13.6. The first-order chi connectivity index (χ1) is 12.7. The second kappa shape index (κ2) is 7.48. The summed E-state index contributed by atoms with van der Waals surface area (Å²) in [6.45, 7) is 0.935. The van der Waals surface area contributed by atoms with Crippen LogP contribution >= 0.6 is 0 Å². The number of benzene rings is 2. The number of fused-ring (bicyclic) bond motifs is 1. The molecule has 1 heterocycles. The van der Waals surface area contributed by atoms with Crippen molar-refractivity contribution in [2.24, 2.45) is 0 Å². The zero-order chi connectivity index (χ0) is 17.9. The van der Waals surface area contributed by atoms with Gasteiger partial charge in [0.05, 0.1) is 0 Å². The number of halogens is 2. The smallest absolute Gasteiger partial charge is 0.125 e. The van der Waals surface area contributed by atoms with E-state index in [0.29, 0.717) is 6.04 Å². The number of aromatic nitrogens is 1. The van der Waals surface area contributed by atoms with Crippen molar-refractivity contribution in [1.82, 2.24) is 4.98 Å². The van der Waals surface area contributed by atoms with Crippen molar-refractivity contribution < 1.29 is 8.78 Å². The number of rotatable bonds is 7. The minimum Gasteiger partial charge on any atom is -0.368 e. The Balaban J connectivity index is 1.38. The Morgan fingerprint density at radius 2 is 1.85 bits per heavy atom. The molecule has 1 N–H and O–H groups in total. The number of nitrogens with zero attached hydrogens (tertiary/aromatic N) is 1. The van der Waals surface area contributed by atoms with Gasteiger partial charge in [0.2, 0.25) is 0 Å². The molecule has 0 bridgehead atoms. The van der Waals surface area contributed by atoms with Gasteiger partial charge in [0.15, 0.2) is 0 Å². The van der Waals surface area contributed by atoms with E-state index in [1.165, 1.54) is 37.0 Å². The van der Waals surface area contributed by atoms with Crippen molar-refractivity contribution >= 4 is 16.6 Å². The molecule has 1 saturated carbocycles. The van der Waals surface area contributed by atoms with Crippen LogP contribution in [-0.4, -0.2) is 17.6 Å². The molecule has 1 aromatic heterocycles. The third-order valence-corrected chi connectivity index (χ3v) is 5.48. The Labute approximate surface area is 152 Å². The van der Waals surface area contributed by atoms with Crippen molar-refractivity contribution in [3.05, 3.63) is 65.9 Å². The maximum Gasteiger partial charge on any atom is 0.125 e. The molecule has 0 atom stereocenters. The molecule has 1 aliphatic carbocycles. The molecule has 0 saturated heterocycles. The highest BCUT2D eigenvalue weighted by Gasteiger charge is 2.25. The molecule has 4 heteroatoms. The van der Waals surface area contributed by atoms with E-state index < -0.39 is 0 Å². The first kappa shape index (κ1) is 17.1. The Morgan fingerprint density at radius 1 is 1.00 bits per heavy atom. The molecule has 0 spiro atoms. The highest BCUT2D eigenvalue weighted by atomic mass is 19.1. The van der Waals surface area contributed by atoms with Crippen LogP contribution in [0.2, 0.25) is 0 Å². The fraction of sp³-hybridized carbons (Fsp3) is 0.364. The zero-order valence-electron chi connectivity index (χ0n) is 14.8. The van der Waals surface area contributed by atoms with Crippen molar-refractivity contribution in [2.45, 2.75) is 44.6 Å². The molecule has 1 aliphatic rings. The number of hydrogen-bond donors (Lipinski definition) is 1. The first-order valence-corrected chi connectivity index (χ1v) is 9.48. The molecule has 0 radical (unpaired) electrons. The van der Waals surface area contributed by atoms with E-state index in [-0.39, 0.29) is 11.6 Å². The summed E-state index contributed by atoms with van der Waals surface area (Å²) in [5.41, 5.74) is 3.14. The summed E-state index contributed by atoms with van der Waals surface area (Å²) < 4.78 is 27.1. The highest BCUT2D eigenvalue weighted by molar-refractivity contribution is 5.83. The Kier molecular flexibility index (Phi) is 4.91. The third kappa shape index (κ3) is 3.59. The fourth-order valence-electron chi connectivity index (χ4n) is 3.83. The molecule has 0 amide bonds. The lowest BCUT2D eigenvalue weighted by molar-refractivity contribution is 0.383. The standard InChI is InChI=1S/C22H24F2N2/c23-17-6-3-9-20(13-17)26(19-7-4-8-19)12-2-1-5-16-15-25-22-11-10-18(24)14-21(16)22/h3,6,9-11,13-15,19,25H,1-2,4-5,7-8,12H2. The zero-order valence-corrected chi connectivity index (χ0v) is 14.8. The number of H-pyrrole nitrogens is 1. The van der Waals surface area contributed by atoms with Gasteiger partial charge in [-0.2, -0.15) is 0 Å². The van der Waals surface area contributed by atoms with Crippen LogP contribution in [0.3, 0.4) is 0 Å². The monoisotopic (exact) mass is 354 g/mol. The lowest BCUT2D eigenvalue weighted by atomic mass is 9.90. The third-order valence-electron chi connectivity index (χ3n) is 5.48. The molecule has 2 nitrogen and oxygen atoms in total. The maximum absolute atomic E-state index is 13.6. The van der Waals surface area contributed by atoms with E-state index in [4.69, 9.17) is 0 Å². The van der Waals surface area contributed by atoms with Crippen LogP contribution in [0.25, 0.3) is 10.9 Å². The molecule has 136 valence electrons. The highest BCUT2D eigenvalue weighted by Crippen LogP contribution is 2.30. The topological polar surface area (TPSA) is 19.0 Å². The molecule has 0 aliphatic heterocycles. The molecule has 2 aromatic carbocycles. The van der Waals surface area contributed by atoms with Gasteiger partial charge in [-0.1, -0.05) is 6.07 Å². The van der Waals surface area contributed by atoms with Gasteiger partial charge < -0.3 is 9.88 Å². The van der Waals surface area contributed by atoms with Gasteiger partial charge in [-0.15, -0.1) is 0 Å². The Bertz CT molecular complexity index is 883. The van der Waals surface area contributed by atoms with Crippen LogP contribution in [-0.2, 0) is 6.42 Å². The lowest BCUT2D eigenvalue weighted by Gasteiger charge is -2.39. The van der Waals surface area contributed by atoms with Crippen LogP contribution in [0.4, 0.5) is 14.5 Å². The van der Waals surface area contributed by atoms with E-state index in [0.717, 1.165) is 42.4 Å².